The van der Waals surface area contributed by atoms with Gasteiger partial charge in [-0.15, -0.1) is 13.2 Å². The van der Waals surface area contributed by atoms with Gasteiger partial charge in [0.15, 0.2) is 56.2 Å². The highest BCUT2D eigenvalue weighted by atomic mass is 16.8. The second-order valence-corrected chi connectivity index (χ2v) is 44.2. The third kappa shape index (κ3) is 23.0. The number of esters is 3. The Kier molecular flexibility index (Phi) is 38.0. The lowest BCUT2D eigenvalue weighted by Crippen LogP contribution is -2.70. The summed E-state index contributed by atoms with van der Waals surface area (Å²) in [7, 11) is 0. The molecule has 8 aliphatic heterocycles. The van der Waals surface area contributed by atoms with Gasteiger partial charge in [-0.2, -0.15) is 0 Å². The Labute approximate surface area is 844 Å². The van der Waals surface area contributed by atoms with Crippen molar-refractivity contribution in [1.29, 1.82) is 0 Å². The van der Waals surface area contributed by atoms with Crippen LogP contribution in [0.5, 0.6) is 0 Å². The highest BCUT2D eigenvalue weighted by molar-refractivity contribution is 5.89. The standard InChI is InChI=1S/C98H155NO47/c1-15-93(10,128)25-17-19-44(33-101)81(126)140-75-40(3)132-87(73(123)69(75)119)146-94(11,16-2)26-18-20-43(32-100)80(125)138-57-31-98(90(127)145-89-79(68(118)62(112)50(36-104)136-89)144-86-74(124)77(142-85-72(122)66(116)60(110)48(34-102)133-85)76(41(4)131-86)141-84-71(121)63(113)51(37-105)134-84)46(29-91(57,6)7)45-21-22-54-95(12)27-24-56(92(8,9)53(95)23-28-96(54,13)97(45,14)30-55(98)108)139-82-58(99-42(5)106)65(115)64(114)52(137-82)39-130-88-78(67(117)61(111)49(35-103)135-88)143-83-70(120)59(109)47(107)38-129-83/h15-16,19-21,40-41,46-79,82-89,100-105,107-124,128H,1-2,17-18,22-39H2,3-14H3,(H,99,106)/b43-20+,44-19+/t40-,41-,46-,47-,48-,49-,50-,51+,52-,53+,54-,55-,56+,57+,58-,59+,60-,61-,62-,63+,64-,65-,66+,67+,68+,69-,70-,71-,72-,73-,74-,75-,76-,77-,78-,79-,82+,83+,84+,85+,86+,87+,88-,89+,93+,94+,95+,96-,97+,98+/m0/s1. The summed E-state index contributed by atoms with van der Waals surface area (Å²) in [5, 5.41) is 282. The van der Waals surface area contributed by atoms with Gasteiger partial charge in [0, 0.05) is 18.8 Å². The van der Waals surface area contributed by atoms with E-state index in [1.807, 2.05) is 20.8 Å². The molecule has 1 amide bonds. The summed E-state index contributed by atoms with van der Waals surface area (Å²) in [5.74, 6) is -5.57. The van der Waals surface area contributed by atoms with Gasteiger partial charge >= 0.3 is 17.9 Å². The fourth-order valence-electron chi connectivity index (χ4n) is 24.7. The molecule has 0 radical (unpaired) electrons. The predicted molar refractivity (Wildman–Crippen MR) is 491 cm³/mol. The number of rotatable bonds is 36. The number of carbonyl (C=O) groups is 4. The Hall–Kier alpha value is -5.02. The van der Waals surface area contributed by atoms with Crippen molar-refractivity contribution in [2.24, 2.45) is 50.2 Å². The van der Waals surface area contributed by atoms with Gasteiger partial charge < -0.3 is 218 Å². The average Bonchev–Trinajstić information content (AvgIpc) is 0.673. The molecule has 48 nitrogen and oxygen atoms in total. The molecule has 0 bridgehead atoms. The zero-order chi connectivity index (χ0) is 108. The third-order valence-corrected chi connectivity index (χ3v) is 34.0. The minimum Gasteiger partial charge on any atom is -0.458 e. The molecule has 0 aromatic rings. The number of carbonyl (C=O) groups excluding carboxylic acids is 4. The topological polar surface area (TPSA) is 752 Å². The molecule has 50 atom stereocenters. The molecule has 146 heavy (non-hydrogen) atoms. The first-order chi connectivity index (χ1) is 68.5. The molecule has 48 heteroatoms. The van der Waals surface area contributed by atoms with Crippen LogP contribution >= 0.6 is 0 Å². The van der Waals surface area contributed by atoms with E-state index in [0.717, 1.165) is 0 Å². The van der Waals surface area contributed by atoms with Crippen LogP contribution in [-0.4, -0.2) is 467 Å². The molecule has 13 rings (SSSR count). The SMILES string of the molecule is C=C[C@@](C)(O)CC/C=C(\CO)C(=O)O[C@@H]1[C@@H](O)[C@H](O)[C@@H](O[C@](C)(C=C)CC/C=C(\CO)C(=O)O[C@@H]2C[C@]3(C(=O)O[C@H]4O[C@@H](CO)[C@H](O)[C@@H](O)[C@@H]4O[C@H]4O[C@@H](C)[C@H](O[C@H]5O[C@H](CO)[C@@H](O)[C@@H]5O)[C@@H](O[C@H]5O[C@@H](CO)[C@H](O)[C@@H](O)[C@@H]5O)[C@@H]4O)[C@@H](O)C[C@]4(C)C(=CC[C@H]5[C@]6(C)CC[C@@H](O[C@H]7O[C@@H](CO[C@H]8O[C@@H](CO)[C@H](O)[C@@H](O)[C@@H]8O[C@H]8OC[C@H](O)[C@@H](O)[C@@H]8O)[C@H](O)[C@@H](O)[C@@H]7NC(C)=O)C(C)(C)[C@H]6CC[C@@]54C)[C@@H]3CC2(C)C)O[C@H]1C. The van der Waals surface area contributed by atoms with Crippen molar-refractivity contribution in [1.82, 2.24) is 5.32 Å². The number of ether oxygens (including phenoxy) is 18. The van der Waals surface area contributed by atoms with Crippen LogP contribution in [0.1, 0.15) is 160 Å². The molecule has 26 N–H and O–H groups in total. The van der Waals surface area contributed by atoms with Crippen molar-refractivity contribution in [3.8, 4) is 0 Å². The largest absolute Gasteiger partial charge is 0.458 e. The average molecular weight is 2100 g/mol. The molecule has 834 valence electrons. The molecule has 0 aromatic carbocycles. The normalized spacial score (nSPS) is 47.4. The Balaban J connectivity index is 0.788. The van der Waals surface area contributed by atoms with Gasteiger partial charge in [0.05, 0.1) is 99.6 Å². The highest BCUT2D eigenvalue weighted by Gasteiger charge is 2.74. The smallest absolute Gasteiger partial charge is 0.336 e. The van der Waals surface area contributed by atoms with Gasteiger partial charge in [-0.3, -0.25) is 9.59 Å². The van der Waals surface area contributed by atoms with Crippen LogP contribution in [0, 0.1) is 50.2 Å². The molecule has 5 aliphatic carbocycles. The number of aliphatic hydroxyl groups is 25. The van der Waals surface area contributed by atoms with Crippen LogP contribution in [0.2, 0.25) is 0 Å². The fraction of sp³-hybridized carbons (Fsp3) is 0.857. The van der Waals surface area contributed by atoms with E-state index < -0.39 is 384 Å². The van der Waals surface area contributed by atoms with Crippen molar-refractivity contribution in [2.45, 2.75) is 423 Å². The van der Waals surface area contributed by atoms with Crippen LogP contribution in [0.15, 0.2) is 60.3 Å². The van der Waals surface area contributed by atoms with Gasteiger partial charge in [-0.1, -0.05) is 84.4 Å². The van der Waals surface area contributed by atoms with Crippen LogP contribution in [0.4, 0.5) is 0 Å². The van der Waals surface area contributed by atoms with Crippen molar-refractivity contribution >= 4 is 23.8 Å². The molecular weight excluding hydrogens is 1940 g/mol. The van der Waals surface area contributed by atoms with Crippen LogP contribution in [-0.2, 0) is 104 Å². The van der Waals surface area contributed by atoms with Crippen molar-refractivity contribution in [3.05, 3.63) is 60.3 Å². The summed E-state index contributed by atoms with van der Waals surface area (Å²) in [5.41, 5.74) is -9.27. The quantitative estimate of drug-likeness (QED) is 0.00911. The summed E-state index contributed by atoms with van der Waals surface area (Å²) in [4.78, 5) is 58.4. The van der Waals surface area contributed by atoms with Gasteiger partial charge in [-0.25, -0.2) is 9.59 Å². The summed E-state index contributed by atoms with van der Waals surface area (Å²) >= 11 is 0. The molecule has 13 aliphatic rings. The van der Waals surface area contributed by atoms with E-state index in [1.54, 1.807) is 20.8 Å². The number of nitrogens with one attached hydrogen (secondary N) is 1. The molecule has 0 unspecified atom stereocenters. The van der Waals surface area contributed by atoms with Crippen molar-refractivity contribution in [3.63, 3.8) is 0 Å². The van der Waals surface area contributed by atoms with E-state index in [1.165, 1.54) is 52.0 Å². The second kappa shape index (κ2) is 46.9. The lowest BCUT2D eigenvalue weighted by atomic mass is 9.33. The summed E-state index contributed by atoms with van der Waals surface area (Å²) in [6.07, 6.45) is -62.4. The number of fused-ring (bicyclic) bond motifs is 7. The van der Waals surface area contributed by atoms with E-state index >= 15 is 9.59 Å². The summed E-state index contributed by atoms with van der Waals surface area (Å²) in [6.45, 7) is 21.9. The van der Waals surface area contributed by atoms with Crippen LogP contribution < -0.4 is 5.32 Å². The molecule has 8 saturated heterocycles. The zero-order valence-corrected chi connectivity index (χ0v) is 84.0. The van der Waals surface area contributed by atoms with Gasteiger partial charge in [0.25, 0.3) is 0 Å². The molecular formula is C98H155NO47. The fourth-order valence-corrected chi connectivity index (χ4v) is 24.7. The first-order valence-corrected chi connectivity index (χ1v) is 50.2. The van der Waals surface area contributed by atoms with E-state index in [2.05, 4.69) is 38.4 Å². The Morgan fingerprint density at radius 2 is 0.959 bits per heavy atom. The number of hydrogen-bond donors (Lipinski definition) is 26. The maximum atomic E-state index is 16.9. The monoisotopic (exact) mass is 2100 g/mol. The van der Waals surface area contributed by atoms with Crippen molar-refractivity contribution < 1.29 is 232 Å². The van der Waals surface area contributed by atoms with Gasteiger partial charge in [-0.05, 0) is 138 Å². The third-order valence-electron chi connectivity index (χ3n) is 34.0. The highest BCUT2D eigenvalue weighted by Crippen LogP contribution is 2.76. The molecule has 4 saturated carbocycles. The van der Waals surface area contributed by atoms with Crippen LogP contribution in [0.25, 0.3) is 0 Å². The summed E-state index contributed by atoms with van der Waals surface area (Å²) in [6, 6.07) is -1.42. The number of amides is 1. The number of allylic oxidation sites excluding steroid dienone is 4. The Morgan fingerprint density at radius 1 is 0.473 bits per heavy atom. The zero-order valence-electron chi connectivity index (χ0n) is 84.0. The maximum Gasteiger partial charge on any atom is 0.336 e. The molecule has 0 spiro atoms. The predicted octanol–water partition coefficient (Wildman–Crippen LogP) is -6.95. The molecule has 8 heterocycles. The first kappa shape index (κ1) is 118. The Bertz CT molecular complexity index is 4510. The molecule has 12 fully saturated rings. The van der Waals surface area contributed by atoms with E-state index in [9.17, 15) is 137 Å². The molecule has 0 aromatic heterocycles. The number of hydrogen-bond acceptors (Lipinski definition) is 47. The van der Waals surface area contributed by atoms with Crippen LogP contribution in [0.3, 0.4) is 0 Å². The Morgan fingerprint density at radius 3 is 1.54 bits per heavy atom. The maximum absolute atomic E-state index is 16.9. The summed E-state index contributed by atoms with van der Waals surface area (Å²) < 4.78 is 110. The van der Waals surface area contributed by atoms with Gasteiger partial charge in [0.1, 0.15) is 170 Å². The lowest BCUT2D eigenvalue weighted by Gasteiger charge is -2.72. The number of aliphatic hydroxyl groups excluding tert-OH is 24. The van der Waals surface area contributed by atoms with E-state index in [0.29, 0.717) is 37.7 Å². The van der Waals surface area contributed by atoms with Gasteiger partial charge in [0.2, 0.25) is 12.2 Å². The minimum absolute atomic E-state index is 0.0618. The second-order valence-electron chi connectivity index (χ2n) is 44.2. The first-order valence-electron chi connectivity index (χ1n) is 50.2. The van der Waals surface area contributed by atoms with E-state index in [4.69, 9.17) is 85.3 Å². The minimum atomic E-state index is -2.30. The van der Waals surface area contributed by atoms with E-state index in [-0.39, 0.29) is 61.5 Å². The van der Waals surface area contributed by atoms with Crippen molar-refractivity contribution in [2.75, 3.05) is 52.9 Å². The lowest BCUT2D eigenvalue weighted by molar-refractivity contribution is -0.390.